The minimum absolute atomic E-state index is 0.460. The Morgan fingerprint density at radius 3 is 2.54 bits per heavy atom. The van der Waals surface area contributed by atoms with Crippen LogP contribution in [0.25, 0.3) is 22.8 Å². The van der Waals surface area contributed by atoms with Crippen molar-refractivity contribution in [2.45, 2.75) is 0 Å². The van der Waals surface area contributed by atoms with Gasteiger partial charge < -0.3 is 5.32 Å². The summed E-state index contributed by atoms with van der Waals surface area (Å²) in [4.78, 5) is 8.88. The van der Waals surface area contributed by atoms with Crippen LogP contribution in [0.1, 0.15) is 0 Å². The quantitative estimate of drug-likeness (QED) is 0.601. The van der Waals surface area contributed by atoms with Crippen LogP contribution >= 0.6 is 0 Å². The van der Waals surface area contributed by atoms with E-state index in [0.29, 0.717) is 23.0 Å². The van der Waals surface area contributed by atoms with Gasteiger partial charge in [0.05, 0.1) is 11.9 Å². The molecular weight excluding hydrogens is 302 g/mol. The molecule has 0 aliphatic heterocycles. The van der Waals surface area contributed by atoms with Gasteiger partial charge in [-0.2, -0.15) is 5.10 Å². The topological polar surface area (TPSA) is 92.3 Å². The Bertz CT molecular complexity index is 922. The number of aromatic nitrogens is 6. The molecule has 0 bridgehead atoms. The standard InChI is InChI=1S/C17H13N7/c1-2-6-12(7-3-1)15-17(21-13-10-19-20-11-13)22-16(24-23-15)14-8-4-5-9-18-14/h1-11H,(H,19,20)(H,21,22,24). The molecule has 0 aliphatic rings. The second-order valence-corrected chi connectivity index (χ2v) is 5.03. The SMILES string of the molecule is c1ccc(-c2nnc(-c3ccccn3)nc2Nc2cn[nH]c2)cc1. The van der Waals surface area contributed by atoms with Gasteiger partial charge in [0.1, 0.15) is 11.4 Å². The van der Waals surface area contributed by atoms with E-state index in [1.807, 2.05) is 48.5 Å². The van der Waals surface area contributed by atoms with Gasteiger partial charge in [-0.15, -0.1) is 10.2 Å². The van der Waals surface area contributed by atoms with Crippen LogP contribution in [-0.2, 0) is 0 Å². The van der Waals surface area contributed by atoms with Crippen LogP contribution in [0.5, 0.6) is 0 Å². The highest BCUT2D eigenvalue weighted by Gasteiger charge is 2.13. The Labute approximate surface area is 137 Å². The molecule has 1 aromatic carbocycles. The number of anilines is 2. The van der Waals surface area contributed by atoms with Crippen molar-refractivity contribution < 1.29 is 0 Å². The van der Waals surface area contributed by atoms with Gasteiger partial charge in [0.15, 0.2) is 5.82 Å². The van der Waals surface area contributed by atoms with Crippen LogP contribution in [0.3, 0.4) is 0 Å². The Morgan fingerprint density at radius 1 is 0.917 bits per heavy atom. The molecule has 0 radical (unpaired) electrons. The molecule has 7 nitrogen and oxygen atoms in total. The summed E-state index contributed by atoms with van der Waals surface area (Å²) >= 11 is 0. The molecule has 3 heterocycles. The fraction of sp³-hybridized carbons (Fsp3) is 0. The van der Waals surface area contributed by atoms with Gasteiger partial charge in [0.25, 0.3) is 0 Å². The predicted molar refractivity (Wildman–Crippen MR) is 90.4 cm³/mol. The van der Waals surface area contributed by atoms with Crippen molar-refractivity contribution >= 4 is 11.5 Å². The second kappa shape index (κ2) is 6.25. The molecule has 0 saturated heterocycles. The first-order chi connectivity index (χ1) is 11.9. The highest BCUT2D eigenvalue weighted by atomic mass is 15.2. The Hall–Kier alpha value is -3.61. The molecule has 4 aromatic rings. The van der Waals surface area contributed by atoms with Gasteiger partial charge in [-0.1, -0.05) is 36.4 Å². The summed E-state index contributed by atoms with van der Waals surface area (Å²) in [5.41, 5.74) is 3.05. The normalized spacial score (nSPS) is 10.5. The molecule has 4 rings (SSSR count). The summed E-state index contributed by atoms with van der Waals surface area (Å²) in [6.45, 7) is 0. The maximum atomic E-state index is 4.61. The van der Waals surface area contributed by atoms with E-state index >= 15 is 0 Å². The number of aromatic amines is 1. The van der Waals surface area contributed by atoms with Crippen molar-refractivity contribution in [2.75, 3.05) is 5.32 Å². The number of benzene rings is 1. The Kier molecular flexibility index (Phi) is 3.65. The minimum Gasteiger partial charge on any atom is -0.336 e. The summed E-state index contributed by atoms with van der Waals surface area (Å²) in [6.07, 6.45) is 5.13. The third-order valence-electron chi connectivity index (χ3n) is 3.39. The van der Waals surface area contributed by atoms with Gasteiger partial charge in [-0.3, -0.25) is 10.1 Å². The second-order valence-electron chi connectivity index (χ2n) is 5.03. The van der Waals surface area contributed by atoms with Crippen LogP contribution in [0.2, 0.25) is 0 Å². The van der Waals surface area contributed by atoms with Crippen molar-refractivity contribution in [2.24, 2.45) is 0 Å². The number of hydrogen-bond donors (Lipinski definition) is 2. The number of nitrogens with zero attached hydrogens (tertiary/aromatic N) is 5. The van der Waals surface area contributed by atoms with E-state index in [9.17, 15) is 0 Å². The number of nitrogens with one attached hydrogen (secondary N) is 2. The van der Waals surface area contributed by atoms with Crippen molar-refractivity contribution in [3.05, 3.63) is 67.1 Å². The lowest BCUT2D eigenvalue weighted by Gasteiger charge is -2.09. The van der Waals surface area contributed by atoms with Crippen LogP contribution in [0.4, 0.5) is 11.5 Å². The van der Waals surface area contributed by atoms with E-state index < -0.39 is 0 Å². The lowest BCUT2D eigenvalue weighted by atomic mass is 10.1. The molecule has 3 aromatic heterocycles. The first-order valence-electron chi connectivity index (χ1n) is 7.37. The van der Waals surface area contributed by atoms with E-state index in [1.165, 1.54) is 0 Å². The van der Waals surface area contributed by atoms with Crippen molar-refractivity contribution in [3.8, 4) is 22.8 Å². The fourth-order valence-corrected chi connectivity index (χ4v) is 2.26. The third-order valence-corrected chi connectivity index (χ3v) is 3.39. The zero-order valence-electron chi connectivity index (χ0n) is 12.6. The van der Waals surface area contributed by atoms with Gasteiger partial charge in [-0.05, 0) is 12.1 Å². The molecule has 24 heavy (non-hydrogen) atoms. The molecular formula is C17H13N7. The fourth-order valence-electron chi connectivity index (χ4n) is 2.26. The molecule has 7 heteroatoms. The zero-order chi connectivity index (χ0) is 16.2. The first-order valence-corrected chi connectivity index (χ1v) is 7.37. The first kappa shape index (κ1) is 14.0. The number of pyridine rings is 1. The summed E-state index contributed by atoms with van der Waals surface area (Å²) in [7, 11) is 0. The third kappa shape index (κ3) is 2.82. The van der Waals surface area contributed by atoms with Gasteiger partial charge in [-0.25, -0.2) is 4.98 Å². The molecule has 116 valence electrons. The molecule has 0 spiro atoms. The lowest BCUT2D eigenvalue weighted by molar-refractivity contribution is 0.981. The van der Waals surface area contributed by atoms with Gasteiger partial charge >= 0.3 is 0 Å². The van der Waals surface area contributed by atoms with Crippen molar-refractivity contribution in [1.29, 1.82) is 0 Å². The summed E-state index contributed by atoms with van der Waals surface area (Å²) in [6, 6.07) is 15.4. The highest BCUT2D eigenvalue weighted by molar-refractivity contribution is 5.75. The lowest BCUT2D eigenvalue weighted by Crippen LogP contribution is -2.03. The van der Waals surface area contributed by atoms with E-state index in [2.05, 4.69) is 35.7 Å². The van der Waals surface area contributed by atoms with E-state index in [-0.39, 0.29) is 0 Å². The maximum absolute atomic E-state index is 4.61. The Balaban J connectivity index is 1.81. The molecule has 0 unspecified atom stereocenters. The molecule has 2 N–H and O–H groups in total. The van der Waals surface area contributed by atoms with Crippen LogP contribution in [0, 0.1) is 0 Å². The summed E-state index contributed by atoms with van der Waals surface area (Å²) < 4.78 is 0. The van der Waals surface area contributed by atoms with Gasteiger partial charge in [0, 0.05) is 18.0 Å². The number of hydrogen-bond acceptors (Lipinski definition) is 6. The summed E-state index contributed by atoms with van der Waals surface area (Å²) in [5.74, 6) is 1.06. The summed E-state index contributed by atoms with van der Waals surface area (Å²) in [5, 5.41) is 18.5. The van der Waals surface area contributed by atoms with E-state index in [4.69, 9.17) is 0 Å². The van der Waals surface area contributed by atoms with Crippen LogP contribution in [0.15, 0.2) is 67.1 Å². The smallest absolute Gasteiger partial charge is 0.202 e. The zero-order valence-corrected chi connectivity index (χ0v) is 12.6. The van der Waals surface area contributed by atoms with Crippen LogP contribution in [-0.4, -0.2) is 30.4 Å². The average Bonchev–Trinajstić information content (AvgIpc) is 3.16. The molecule has 0 aliphatic carbocycles. The highest BCUT2D eigenvalue weighted by Crippen LogP contribution is 2.27. The maximum Gasteiger partial charge on any atom is 0.202 e. The van der Waals surface area contributed by atoms with Gasteiger partial charge in [0.2, 0.25) is 5.82 Å². The van der Waals surface area contributed by atoms with Crippen molar-refractivity contribution in [3.63, 3.8) is 0 Å². The number of H-pyrrole nitrogens is 1. The van der Waals surface area contributed by atoms with Crippen molar-refractivity contribution in [1.82, 2.24) is 30.4 Å². The van der Waals surface area contributed by atoms with E-state index in [0.717, 1.165) is 11.3 Å². The average molecular weight is 315 g/mol. The Morgan fingerprint density at radius 2 is 1.79 bits per heavy atom. The van der Waals surface area contributed by atoms with E-state index in [1.54, 1.807) is 18.6 Å². The molecule has 0 saturated carbocycles. The predicted octanol–water partition coefficient (Wildman–Crippen LogP) is 3.07. The number of rotatable bonds is 4. The molecule has 0 atom stereocenters. The van der Waals surface area contributed by atoms with Crippen LogP contribution < -0.4 is 5.32 Å². The largest absolute Gasteiger partial charge is 0.336 e. The monoisotopic (exact) mass is 315 g/mol. The molecule has 0 amide bonds. The minimum atomic E-state index is 0.460. The molecule has 0 fully saturated rings.